The highest BCUT2D eigenvalue weighted by Gasteiger charge is 2.33. The number of rotatable bonds is 17. The van der Waals surface area contributed by atoms with Crippen LogP contribution in [0.1, 0.15) is 79.4 Å². The molecular weight excluding hydrogens is 763 g/mol. The molecule has 2 aromatic carbocycles. The number of benzene rings is 2. The SMILES string of the molecule is CC(C)CN(C[C@@H](O)[C@H](Cc1ccccc1)NC(=O)[C@H](CCCN=C(NC(=O)OC(C)(C)C)NC(=O)OC(C)(C)C)NC(=O)O)S(=O)(=O)c1ccc(/C=N/O)cc1. The van der Waals surface area contributed by atoms with Gasteiger partial charge in [0.05, 0.1) is 23.3 Å². The van der Waals surface area contributed by atoms with Crippen LogP contribution in [-0.2, 0) is 30.7 Å². The van der Waals surface area contributed by atoms with Crippen LogP contribution in [0, 0.1) is 5.92 Å². The Hall–Kier alpha value is -5.27. The monoisotopic (exact) mass is 819 g/mol. The molecule has 0 heterocycles. The zero-order chi connectivity index (χ0) is 43.0. The first-order chi connectivity index (χ1) is 26.5. The predicted octanol–water partition coefficient (Wildman–Crippen LogP) is 4.05. The standard InChI is InChI=1S/C38H57N7O11S/c1-25(2)23-45(57(53,54)28-18-16-27(17-19-28)22-40-52)24-31(46)30(21-26-13-10-9-11-14-26)41-32(47)29(42-34(48)49)15-12-20-39-33(43-35(50)55-37(3,4)5)44-36(51)56-38(6,7)8/h9-11,13-14,16-19,22,25,29-31,42,46,52H,12,15,20-21,23-24H2,1-8H3,(H,41,47)(H,48,49)(H2,39,43,44,50,51)/b40-22+/t29-,30-,31+/m0/s1. The van der Waals surface area contributed by atoms with Gasteiger partial charge in [-0.1, -0.05) is 61.5 Å². The number of ether oxygens (including phenoxy) is 2. The van der Waals surface area contributed by atoms with Crippen molar-refractivity contribution >= 4 is 46.4 Å². The molecule has 0 aromatic heterocycles. The van der Waals surface area contributed by atoms with Gasteiger partial charge in [0, 0.05) is 19.6 Å². The Balaban J connectivity index is 2.34. The van der Waals surface area contributed by atoms with Crippen LogP contribution in [0.4, 0.5) is 14.4 Å². The molecule has 0 unspecified atom stereocenters. The van der Waals surface area contributed by atoms with Gasteiger partial charge in [-0.25, -0.2) is 22.8 Å². The first-order valence-electron chi connectivity index (χ1n) is 18.3. The average molecular weight is 820 g/mol. The Morgan fingerprint density at radius 3 is 1.91 bits per heavy atom. The third kappa shape index (κ3) is 18.5. The van der Waals surface area contributed by atoms with Gasteiger partial charge in [0.15, 0.2) is 0 Å². The van der Waals surface area contributed by atoms with E-state index >= 15 is 0 Å². The summed E-state index contributed by atoms with van der Waals surface area (Å²) < 4.78 is 39.3. The molecule has 0 bridgehead atoms. The van der Waals surface area contributed by atoms with Gasteiger partial charge < -0.3 is 35.5 Å². The highest BCUT2D eigenvalue weighted by atomic mass is 32.2. The number of amides is 4. The molecule has 0 fully saturated rings. The minimum Gasteiger partial charge on any atom is -0.465 e. The van der Waals surface area contributed by atoms with Crippen LogP contribution in [0.3, 0.4) is 0 Å². The molecule has 2 rings (SSSR count). The summed E-state index contributed by atoms with van der Waals surface area (Å²) in [7, 11) is -4.16. The molecule has 18 nitrogen and oxygen atoms in total. The Morgan fingerprint density at radius 2 is 1.42 bits per heavy atom. The van der Waals surface area contributed by atoms with Gasteiger partial charge in [-0.05, 0) is 90.0 Å². The molecule has 19 heteroatoms. The van der Waals surface area contributed by atoms with Crippen molar-refractivity contribution in [3.05, 3.63) is 65.7 Å². The number of aliphatic imine (C=N–C) groups is 1. The summed E-state index contributed by atoms with van der Waals surface area (Å²) in [5, 5.41) is 42.6. The number of aliphatic hydroxyl groups excluding tert-OH is 1. The molecule has 7 N–H and O–H groups in total. The van der Waals surface area contributed by atoms with Crippen molar-refractivity contribution in [3.8, 4) is 0 Å². The van der Waals surface area contributed by atoms with E-state index in [1.807, 2.05) is 13.8 Å². The number of nitrogens with zero attached hydrogens (tertiary/aromatic N) is 3. The van der Waals surface area contributed by atoms with Gasteiger partial charge in [-0.2, -0.15) is 4.31 Å². The Bertz CT molecular complexity index is 1760. The van der Waals surface area contributed by atoms with E-state index in [0.717, 1.165) is 10.5 Å². The van der Waals surface area contributed by atoms with Crippen LogP contribution in [0.25, 0.3) is 0 Å². The van der Waals surface area contributed by atoms with Crippen LogP contribution >= 0.6 is 0 Å². The Kier molecular flexibility index (Phi) is 18.4. The number of hydrogen-bond acceptors (Lipinski definition) is 12. The van der Waals surface area contributed by atoms with E-state index in [2.05, 4.69) is 31.4 Å². The second-order valence-electron chi connectivity index (χ2n) is 15.5. The zero-order valence-corrected chi connectivity index (χ0v) is 34.5. The van der Waals surface area contributed by atoms with Gasteiger partial charge in [-0.15, -0.1) is 0 Å². The van der Waals surface area contributed by atoms with Crippen molar-refractivity contribution in [1.29, 1.82) is 0 Å². The smallest absolute Gasteiger partial charge is 0.414 e. The number of oxime groups is 1. The number of carbonyl (C=O) groups is 4. The fourth-order valence-corrected chi connectivity index (χ4v) is 6.83. The summed E-state index contributed by atoms with van der Waals surface area (Å²) in [6.07, 6.45) is -3.59. The lowest BCUT2D eigenvalue weighted by molar-refractivity contribution is -0.124. The van der Waals surface area contributed by atoms with Gasteiger partial charge >= 0.3 is 18.3 Å². The van der Waals surface area contributed by atoms with Crippen molar-refractivity contribution in [1.82, 2.24) is 25.6 Å². The van der Waals surface area contributed by atoms with Crippen LogP contribution in [0.2, 0.25) is 0 Å². The number of carbonyl (C=O) groups excluding carboxylic acids is 3. The molecule has 2 aromatic rings. The van der Waals surface area contributed by atoms with E-state index in [1.54, 1.807) is 71.9 Å². The molecule has 0 aliphatic carbocycles. The molecule has 0 aliphatic heterocycles. The molecule has 0 saturated carbocycles. The minimum atomic E-state index is -4.16. The van der Waals surface area contributed by atoms with Crippen molar-refractivity contribution in [2.45, 2.75) is 109 Å². The van der Waals surface area contributed by atoms with Crippen molar-refractivity contribution in [2.24, 2.45) is 16.1 Å². The molecule has 0 radical (unpaired) electrons. The Morgan fingerprint density at radius 1 is 0.860 bits per heavy atom. The van der Waals surface area contributed by atoms with E-state index in [1.165, 1.54) is 24.3 Å². The maximum atomic E-state index is 13.8. The summed E-state index contributed by atoms with van der Waals surface area (Å²) in [6.45, 7) is 13.0. The van der Waals surface area contributed by atoms with E-state index in [4.69, 9.17) is 14.7 Å². The molecule has 4 amide bonds. The minimum absolute atomic E-state index is 0.0303. The molecule has 316 valence electrons. The van der Waals surface area contributed by atoms with Crippen LogP contribution in [-0.4, -0.2) is 114 Å². The molecular formula is C38H57N7O11S. The van der Waals surface area contributed by atoms with Gasteiger partial charge in [0.2, 0.25) is 21.9 Å². The van der Waals surface area contributed by atoms with Crippen LogP contribution in [0.15, 0.2) is 69.6 Å². The first kappa shape index (κ1) is 47.9. The number of aliphatic hydroxyl groups is 1. The summed E-state index contributed by atoms with van der Waals surface area (Å²) in [5.74, 6) is -1.24. The maximum Gasteiger partial charge on any atom is 0.414 e. The van der Waals surface area contributed by atoms with E-state index in [9.17, 15) is 37.8 Å². The number of sulfonamides is 1. The Labute approximate surface area is 334 Å². The topological polar surface area (TPSA) is 258 Å². The normalized spacial score (nSPS) is 13.7. The van der Waals surface area contributed by atoms with E-state index in [0.29, 0.717) is 11.1 Å². The van der Waals surface area contributed by atoms with Crippen LogP contribution < -0.4 is 21.3 Å². The maximum absolute atomic E-state index is 13.8. The lowest BCUT2D eigenvalue weighted by atomic mass is 10.00. The number of hydrogen-bond donors (Lipinski definition) is 7. The van der Waals surface area contributed by atoms with Crippen molar-refractivity contribution in [3.63, 3.8) is 0 Å². The summed E-state index contributed by atoms with van der Waals surface area (Å²) >= 11 is 0. The lowest BCUT2D eigenvalue weighted by Crippen LogP contribution is -2.55. The molecule has 57 heavy (non-hydrogen) atoms. The van der Waals surface area contributed by atoms with Crippen molar-refractivity contribution < 1.29 is 52.5 Å². The first-order valence-corrected chi connectivity index (χ1v) is 19.8. The number of alkyl carbamates (subject to hydrolysis) is 2. The van der Waals surface area contributed by atoms with Gasteiger partial charge in [0.1, 0.15) is 17.2 Å². The third-order valence-corrected chi connectivity index (χ3v) is 9.39. The molecule has 0 aliphatic rings. The lowest BCUT2D eigenvalue weighted by Gasteiger charge is -2.31. The quantitative estimate of drug-likeness (QED) is 0.0394. The van der Waals surface area contributed by atoms with Crippen LogP contribution in [0.5, 0.6) is 0 Å². The molecule has 0 saturated heterocycles. The molecule has 3 atom stereocenters. The second-order valence-corrected chi connectivity index (χ2v) is 17.5. The van der Waals surface area contributed by atoms with Gasteiger partial charge in [-0.3, -0.25) is 20.4 Å². The number of guanidine groups is 1. The summed E-state index contributed by atoms with van der Waals surface area (Å²) in [6, 6.07) is 12.1. The van der Waals surface area contributed by atoms with Gasteiger partial charge in [0.25, 0.3) is 0 Å². The summed E-state index contributed by atoms with van der Waals surface area (Å²) in [5.41, 5.74) is -0.550. The highest BCUT2D eigenvalue weighted by molar-refractivity contribution is 7.89. The van der Waals surface area contributed by atoms with Crippen molar-refractivity contribution in [2.75, 3.05) is 19.6 Å². The average Bonchev–Trinajstić information content (AvgIpc) is 3.07. The third-order valence-electron chi connectivity index (χ3n) is 7.55. The second kappa shape index (κ2) is 21.9. The predicted molar refractivity (Wildman–Crippen MR) is 213 cm³/mol. The summed E-state index contributed by atoms with van der Waals surface area (Å²) in [4.78, 5) is 54.6. The molecule has 0 spiro atoms. The number of carboxylic acid groups (broad SMARTS) is 1. The fraction of sp³-hybridized carbons (Fsp3) is 0.526. The van der Waals surface area contributed by atoms with E-state index in [-0.39, 0.29) is 49.1 Å². The zero-order valence-electron chi connectivity index (χ0n) is 33.7. The largest absolute Gasteiger partial charge is 0.465 e. The highest BCUT2D eigenvalue weighted by Crippen LogP contribution is 2.20. The number of nitrogens with one attached hydrogen (secondary N) is 4. The van der Waals surface area contributed by atoms with E-state index < -0.39 is 70.1 Å². The fourth-order valence-electron chi connectivity index (χ4n) is 5.21.